The number of amides is 2. The number of nitro benzene ring substituents is 1. The van der Waals surface area contributed by atoms with Crippen molar-refractivity contribution in [1.82, 2.24) is 15.5 Å². The highest BCUT2D eigenvalue weighted by Gasteiger charge is 2.33. The zero-order chi connectivity index (χ0) is 31.6. The standard InChI is InChI=1S/C33H38N4O7/c1-22(2)16-27-32(39)34-18-31(44-23(3)38)26-14-15-30(28(17-26)37(41)42)43-21-29(33(40)35-27)36(19-24-10-6-4-7-11-24)20-25-12-8-5-9-13-25/h4-15,17,22,27,29,31H,16,18-21H2,1-3H3,(H,34,39)(H,35,40)/t27-,29-,31-/m0/s1. The number of ether oxygens (including phenoxy) is 2. The molecule has 2 heterocycles. The third kappa shape index (κ3) is 8.87. The van der Waals surface area contributed by atoms with Gasteiger partial charge in [0.1, 0.15) is 24.8 Å². The summed E-state index contributed by atoms with van der Waals surface area (Å²) < 4.78 is 11.4. The summed E-state index contributed by atoms with van der Waals surface area (Å²) in [5, 5.41) is 17.8. The van der Waals surface area contributed by atoms with Crippen LogP contribution in [-0.2, 0) is 32.2 Å². The van der Waals surface area contributed by atoms with Crippen LogP contribution in [0, 0.1) is 16.0 Å². The van der Waals surface area contributed by atoms with E-state index in [-0.39, 0.29) is 30.5 Å². The summed E-state index contributed by atoms with van der Waals surface area (Å²) in [6.45, 7) is 5.51. The first-order valence-electron chi connectivity index (χ1n) is 14.6. The third-order valence-electron chi connectivity index (χ3n) is 7.26. The summed E-state index contributed by atoms with van der Waals surface area (Å²) >= 11 is 0. The molecule has 0 unspecified atom stereocenters. The molecule has 0 saturated carbocycles. The van der Waals surface area contributed by atoms with Gasteiger partial charge in [-0.05, 0) is 29.5 Å². The number of rotatable bonds is 9. The van der Waals surface area contributed by atoms with Crippen molar-refractivity contribution in [2.24, 2.45) is 5.92 Å². The lowest BCUT2D eigenvalue weighted by atomic mass is 10.0. The molecule has 0 aromatic heterocycles. The lowest BCUT2D eigenvalue weighted by Crippen LogP contribution is -2.55. The van der Waals surface area contributed by atoms with E-state index in [1.165, 1.54) is 19.1 Å². The van der Waals surface area contributed by atoms with Crippen molar-refractivity contribution in [3.05, 3.63) is 106 Å². The van der Waals surface area contributed by atoms with E-state index in [9.17, 15) is 24.5 Å². The lowest BCUT2D eigenvalue weighted by molar-refractivity contribution is -0.386. The first kappa shape index (κ1) is 32.2. The summed E-state index contributed by atoms with van der Waals surface area (Å²) in [7, 11) is 0. The second-order valence-corrected chi connectivity index (χ2v) is 11.2. The number of hydrogen-bond acceptors (Lipinski definition) is 8. The summed E-state index contributed by atoms with van der Waals surface area (Å²) in [6.07, 6.45) is -0.623. The first-order chi connectivity index (χ1) is 21.1. The van der Waals surface area contributed by atoms with E-state index in [1.807, 2.05) is 79.4 Å². The Morgan fingerprint density at radius 2 is 1.61 bits per heavy atom. The molecule has 2 aliphatic rings. The minimum Gasteiger partial charge on any atom is -0.485 e. The second-order valence-electron chi connectivity index (χ2n) is 11.2. The number of nitrogens with zero attached hydrogens (tertiary/aromatic N) is 2. The minimum absolute atomic E-state index is 0.0303. The van der Waals surface area contributed by atoms with E-state index in [0.717, 1.165) is 11.1 Å². The molecule has 2 aliphatic heterocycles. The molecule has 3 aromatic carbocycles. The van der Waals surface area contributed by atoms with Crippen LogP contribution in [0.2, 0.25) is 0 Å². The van der Waals surface area contributed by atoms with Crippen molar-refractivity contribution in [2.75, 3.05) is 13.2 Å². The van der Waals surface area contributed by atoms with Crippen LogP contribution in [0.15, 0.2) is 78.9 Å². The van der Waals surface area contributed by atoms with Crippen LogP contribution in [0.3, 0.4) is 0 Å². The lowest BCUT2D eigenvalue weighted by Gasteiger charge is -2.32. The Labute approximate surface area is 256 Å². The number of fused-ring (bicyclic) bond motifs is 11. The Bertz CT molecular complexity index is 1410. The number of esters is 1. The van der Waals surface area contributed by atoms with Gasteiger partial charge in [0.2, 0.25) is 11.8 Å². The van der Waals surface area contributed by atoms with Crippen LogP contribution in [0.4, 0.5) is 5.69 Å². The molecule has 0 spiro atoms. The largest absolute Gasteiger partial charge is 0.485 e. The maximum Gasteiger partial charge on any atom is 0.311 e. The predicted octanol–water partition coefficient (Wildman–Crippen LogP) is 4.31. The zero-order valence-electron chi connectivity index (χ0n) is 25.1. The van der Waals surface area contributed by atoms with Gasteiger partial charge < -0.3 is 20.1 Å². The van der Waals surface area contributed by atoms with Gasteiger partial charge in [-0.25, -0.2) is 0 Å². The van der Waals surface area contributed by atoms with Gasteiger partial charge in [-0.2, -0.15) is 0 Å². The van der Waals surface area contributed by atoms with Gasteiger partial charge in [0.15, 0.2) is 5.75 Å². The molecule has 2 bridgehead atoms. The molecule has 2 amide bonds. The number of hydrogen-bond donors (Lipinski definition) is 2. The van der Waals surface area contributed by atoms with Gasteiger partial charge in [-0.1, -0.05) is 80.6 Å². The fraction of sp³-hybridized carbons (Fsp3) is 0.364. The zero-order valence-corrected chi connectivity index (χ0v) is 25.1. The number of carbonyl (C=O) groups excluding carboxylic acids is 3. The molecule has 232 valence electrons. The van der Waals surface area contributed by atoms with E-state index in [1.54, 1.807) is 6.07 Å². The molecular weight excluding hydrogens is 564 g/mol. The Morgan fingerprint density at radius 3 is 2.16 bits per heavy atom. The smallest absolute Gasteiger partial charge is 0.311 e. The molecule has 11 heteroatoms. The van der Waals surface area contributed by atoms with Crippen molar-refractivity contribution < 1.29 is 28.8 Å². The Balaban J connectivity index is 1.78. The van der Waals surface area contributed by atoms with Crippen molar-refractivity contribution in [2.45, 2.75) is 58.5 Å². The van der Waals surface area contributed by atoms with E-state index in [2.05, 4.69) is 10.6 Å². The molecule has 0 radical (unpaired) electrons. The number of benzene rings is 3. The first-order valence-corrected chi connectivity index (χ1v) is 14.6. The van der Waals surface area contributed by atoms with Crippen molar-refractivity contribution in [3.8, 4) is 5.75 Å². The van der Waals surface area contributed by atoms with Gasteiger partial charge in [0.25, 0.3) is 0 Å². The highest BCUT2D eigenvalue weighted by atomic mass is 16.6. The number of carbonyl (C=O) groups is 3. The van der Waals surface area contributed by atoms with Crippen LogP contribution in [0.25, 0.3) is 0 Å². The fourth-order valence-corrected chi connectivity index (χ4v) is 5.14. The van der Waals surface area contributed by atoms with Crippen LogP contribution >= 0.6 is 0 Å². The molecule has 11 nitrogen and oxygen atoms in total. The van der Waals surface area contributed by atoms with Crippen LogP contribution in [-0.4, -0.2) is 52.8 Å². The molecule has 0 saturated heterocycles. The third-order valence-corrected chi connectivity index (χ3v) is 7.26. The van der Waals surface area contributed by atoms with Crippen LogP contribution in [0.5, 0.6) is 5.75 Å². The van der Waals surface area contributed by atoms with Crippen molar-refractivity contribution >= 4 is 23.5 Å². The molecule has 5 rings (SSSR count). The molecule has 3 aromatic rings. The van der Waals surface area contributed by atoms with Gasteiger partial charge in [0.05, 0.1) is 11.5 Å². The molecule has 44 heavy (non-hydrogen) atoms. The second kappa shape index (κ2) is 15.1. The Kier molecular flexibility index (Phi) is 11.0. The summed E-state index contributed by atoms with van der Waals surface area (Å²) in [6, 6.07) is 21.7. The van der Waals surface area contributed by atoms with Gasteiger partial charge in [0, 0.05) is 31.6 Å². The van der Waals surface area contributed by atoms with E-state index >= 15 is 0 Å². The average molecular weight is 603 g/mol. The molecular formula is C33H38N4O7. The summed E-state index contributed by atoms with van der Waals surface area (Å²) in [5.74, 6) is -1.48. The predicted molar refractivity (Wildman–Crippen MR) is 163 cm³/mol. The topological polar surface area (TPSA) is 140 Å². The van der Waals surface area contributed by atoms with Crippen LogP contribution in [0.1, 0.15) is 50.0 Å². The Morgan fingerprint density at radius 1 is 1.00 bits per heavy atom. The molecule has 3 atom stereocenters. The molecule has 0 aliphatic carbocycles. The normalized spacial score (nSPS) is 19.1. The Hall–Kier alpha value is -4.77. The quantitative estimate of drug-likeness (QED) is 0.210. The monoisotopic (exact) mass is 602 g/mol. The summed E-state index contributed by atoms with van der Waals surface area (Å²) in [5.41, 5.74) is 1.89. The number of nitrogens with one attached hydrogen (secondary N) is 2. The van der Waals surface area contributed by atoms with Gasteiger partial charge in [-0.15, -0.1) is 0 Å². The molecule has 2 N–H and O–H groups in total. The maximum absolute atomic E-state index is 14.1. The van der Waals surface area contributed by atoms with E-state index in [4.69, 9.17) is 9.47 Å². The van der Waals surface area contributed by atoms with Crippen LogP contribution < -0.4 is 15.4 Å². The fourth-order valence-electron chi connectivity index (χ4n) is 5.14. The van der Waals surface area contributed by atoms with Gasteiger partial charge >= 0.3 is 11.7 Å². The van der Waals surface area contributed by atoms with Crippen molar-refractivity contribution in [1.29, 1.82) is 0 Å². The minimum atomic E-state index is -0.984. The van der Waals surface area contributed by atoms with E-state index < -0.39 is 40.9 Å². The van der Waals surface area contributed by atoms with E-state index in [0.29, 0.717) is 25.1 Å². The summed E-state index contributed by atoms with van der Waals surface area (Å²) in [4.78, 5) is 52.9. The highest BCUT2D eigenvalue weighted by molar-refractivity contribution is 5.90. The maximum atomic E-state index is 14.1. The van der Waals surface area contributed by atoms with Crippen molar-refractivity contribution in [3.63, 3.8) is 0 Å². The average Bonchev–Trinajstić information content (AvgIpc) is 2.99. The molecule has 0 fully saturated rings. The SMILES string of the molecule is CC(=O)O[C@H]1CNC(=O)[C@H](CC(C)C)NC(=O)[C@@H](N(Cc2ccccc2)Cc2ccccc2)COc2ccc1cc2[N+](=O)[O-]. The van der Waals surface area contributed by atoms with Gasteiger partial charge in [-0.3, -0.25) is 29.4 Å². The highest BCUT2D eigenvalue weighted by Crippen LogP contribution is 2.32. The number of nitro groups is 1.